The van der Waals surface area contributed by atoms with Gasteiger partial charge in [0.25, 0.3) is 5.91 Å². The van der Waals surface area contributed by atoms with Crippen molar-refractivity contribution in [3.63, 3.8) is 0 Å². The number of rotatable bonds is 5. The Hall–Kier alpha value is -1.09. The lowest BCUT2D eigenvalue weighted by Gasteiger charge is -2.24. The Bertz CT molecular complexity index is 420. The molecule has 0 aliphatic heterocycles. The number of aryl methyl sites for hydroxylation is 1. The van der Waals surface area contributed by atoms with Crippen molar-refractivity contribution in [2.24, 2.45) is 0 Å². The summed E-state index contributed by atoms with van der Waals surface area (Å²) in [6.45, 7) is 6.18. The summed E-state index contributed by atoms with van der Waals surface area (Å²) in [5.41, 5.74) is 1.47. The van der Waals surface area contributed by atoms with Crippen molar-refractivity contribution in [2.75, 3.05) is 7.05 Å². The summed E-state index contributed by atoms with van der Waals surface area (Å²) in [5, 5.41) is 0.384. The summed E-state index contributed by atoms with van der Waals surface area (Å²) in [7, 11) is 1.84. The average molecular weight is 269 g/mol. The predicted octanol–water partition coefficient (Wildman–Crippen LogP) is 3.56. The molecule has 1 heterocycles. The van der Waals surface area contributed by atoms with Crippen LogP contribution in [0.1, 0.15) is 49.7 Å². The minimum atomic E-state index is 0.00921. The number of hydrogen-bond acceptors (Lipinski definition) is 2. The molecule has 100 valence electrons. The molecule has 1 atom stereocenters. The zero-order valence-electron chi connectivity index (χ0n) is 11.5. The molecule has 1 aromatic heterocycles. The molecule has 0 bridgehead atoms. The van der Waals surface area contributed by atoms with Crippen molar-refractivity contribution in [1.82, 2.24) is 9.88 Å². The van der Waals surface area contributed by atoms with Gasteiger partial charge in [-0.2, -0.15) is 0 Å². The molecule has 0 aliphatic carbocycles. The smallest absolute Gasteiger partial charge is 0.254 e. The predicted molar refractivity (Wildman–Crippen MR) is 75.1 cm³/mol. The molecule has 18 heavy (non-hydrogen) atoms. The molecule has 0 saturated heterocycles. The minimum absolute atomic E-state index is 0.00921. The Morgan fingerprint density at radius 2 is 2.11 bits per heavy atom. The molecule has 0 spiro atoms. The van der Waals surface area contributed by atoms with Crippen LogP contribution in [0.25, 0.3) is 0 Å². The van der Waals surface area contributed by atoms with Gasteiger partial charge in [-0.25, -0.2) is 4.98 Å². The third-order valence-electron chi connectivity index (χ3n) is 3.14. The Morgan fingerprint density at radius 3 is 2.67 bits per heavy atom. The first kappa shape index (κ1) is 15.0. The molecule has 1 amide bonds. The lowest BCUT2D eigenvalue weighted by molar-refractivity contribution is 0.0736. The van der Waals surface area contributed by atoms with E-state index in [0.717, 1.165) is 25.0 Å². The summed E-state index contributed by atoms with van der Waals surface area (Å²) in [5.74, 6) is 0.00921. The highest BCUT2D eigenvalue weighted by atomic mass is 35.5. The number of aromatic nitrogens is 1. The molecule has 1 aromatic rings. The summed E-state index contributed by atoms with van der Waals surface area (Å²) >= 11 is 5.94. The van der Waals surface area contributed by atoms with Crippen molar-refractivity contribution < 1.29 is 4.79 Å². The van der Waals surface area contributed by atoms with Crippen molar-refractivity contribution in [3.05, 3.63) is 28.5 Å². The zero-order chi connectivity index (χ0) is 13.7. The van der Waals surface area contributed by atoms with Crippen molar-refractivity contribution >= 4 is 17.5 Å². The van der Waals surface area contributed by atoms with Crippen molar-refractivity contribution in [3.8, 4) is 0 Å². The van der Waals surface area contributed by atoms with Crippen LogP contribution in [0.15, 0.2) is 12.1 Å². The third-order valence-corrected chi connectivity index (χ3v) is 3.34. The van der Waals surface area contributed by atoms with E-state index in [1.54, 1.807) is 11.0 Å². The SMILES string of the molecule is CCCC(C)N(C)C(=O)c1cc(Cl)nc(CC)c1. The van der Waals surface area contributed by atoms with Crippen LogP contribution in [0.5, 0.6) is 0 Å². The second-order valence-corrected chi connectivity index (χ2v) is 4.96. The molecule has 1 rings (SSSR count). The molecule has 0 N–H and O–H groups in total. The van der Waals surface area contributed by atoms with E-state index < -0.39 is 0 Å². The Morgan fingerprint density at radius 1 is 1.44 bits per heavy atom. The number of amides is 1. The first-order chi connectivity index (χ1) is 8.49. The van der Waals surface area contributed by atoms with Crippen LogP contribution in [0, 0.1) is 0 Å². The van der Waals surface area contributed by atoms with Crippen LogP contribution in [-0.2, 0) is 6.42 Å². The van der Waals surface area contributed by atoms with E-state index in [-0.39, 0.29) is 11.9 Å². The molecular weight excluding hydrogens is 248 g/mol. The van der Waals surface area contributed by atoms with Gasteiger partial charge in [0.1, 0.15) is 5.15 Å². The van der Waals surface area contributed by atoms with Gasteiger partial charge in [0.2, 0.25) is 0 Å². The maximum absolute atomic E-state index is 12.3. The van der Waals surface area contributed by atoms with Crippen LogP contribution in [0.3, 0.4) is 0 Å². The largest absolute Gasteiger partial charge is 0.339 e. The number of halogens is 1. The Labute approximate surface area is 114 Å². The van der Waals surface area contributed by atoms with E-state index in [9.17, 15) is 4.79 Å². The van der Waals surface area contributed by atoms with Gasteiger partial charge in [0.05, 0.1) is 0 Å². The summed E-state index contributed by atoms with van der Waals surface area (Å²) < 4.78 is 0. The summed E-state index contributed by atoms with van der Waals surface area (Å²) in [4.78, 5) is 18.3. The van der Waals surface area contributed by atoms with E-state index in [2.05, 4.69) is 18.8 Å². The van der Waals surface area contributed by atoms with Gasteiger partial charge in [-0.1, -0.05) is 31.9 Å². The van der Waals surface area contributed by atoms with Crippen molar-refractivity contribution in [2.45, 2.75) is 46.1 Å². The second kappa shape index (κ2) is 6.74. The van der Waals surface area contributed by atoms with E-state index >= 15 is 0 Å². The van der Waals surface area contributed by atoms with E-state index in [4.69, 9.17) is 11.6 Å². The standard InChI is InChI=1S/C14H21ClN2O/c1-5-7-10(3)17(4)14(18)11-8-12(6-2)16-13(15)9-11/h8-10H,5-7H2,1-4H3. The minimum Gasteiger partial charge on any atom is -0.339 e. The van der Waals surface area contributed by atoms with Gasteiger partial charge in [-0.15, -0.1) is 0 Å². The highest BCUT2D eigenvalue weighted by Gasteiger charge is 2.17. The highest BCUT2D eigenvalue weighted by molar-refractivity contribution is 6.29. The van der Waals surface area contributed by atoms with Gasteiger partial charge >= 0.3 is 0 Å². The molecule has 4 heteroatoms. The number of carbonyl (C=O) groups excluding carboxylic acids is 1. The Balaban J connectivity index is 2.92. The molecule has 0 radical (unpaired) electrons. The second-order valence-electron chi connectivity index (χ2n) is 4.58. The number of carbonyl (C=O) groups is 1. The van der Waals surface area contributed by atoms with E-state index in [1.807, 2.05) is 20.0 Å². The van der Waals surface area contributed by atoms with Crippen molar-refractivity contribution in [1.29, 1.82) is 0 Å². The van der Waals surface area contributed by atoms with Gasteiger partial charge < -0.3 is 4.90 Å². The normalized spacial score (nSPS) is 12.3. The molecule has 0 fully saturated rings. The first-order valence-corrected chi connectivity index (χ1v) is 6.81. The Kier molecular flexibility index (Phi) is 5.60. The number of pyridine rings is 1. The topological polar surface area (TPSA) is 33.2 Å². The molecule has 0 saturated carbocycles. The maximum atomic E-state index is 12.3. The van der Waals surface area contributed by atoms with Crippen LogP contribution >= 0.6 is 11.6 Å². The van der Waals surface area contributed by atoms with Crippen LogP contribution in [0.4, 0.5) is 0 Å². The number of nitrogens with zero attached hydrogens (tertiary/aromatic N) is 2. The third kappa shape index (κ3) is 3.70. The highest BCUT2D eigenvalue weighted by Crippen LogP contribution is 2.15. The fourth-order valence-corrected chi connectivity index (χ4v) is 2.10. The molecular formula is C14H21ClN2O. The van der Waals surface area contributed by atoms with Gasteiger partial charge in [-0.3, -0.25) is 4.79 Å². The fraction of sp³-hybridized carbons (Fsp3) is 0.571. The number of hydrogen-bond donors (Lipinski definition) is 0. The van der Waals surface area contributed by atoms with Gasteiger partial charge in [0, 0.05) is 24.3 Å². The molecule has 1 unspecified atom stereocenters. The van der Waals surface area contributed by atoms with Gasteiger partial charge in [0.15, 0.2) is 0 Å². The van der Waals surface area contributed by atoms with E-state index in [0.29, 0.717) is 10.7 Å². The molecule has 3 nitrogen and oxygen atoms in total. The maximum Gasteiger partial charge on any atom is 0.254 e. The van der Waals surface area contributed by atoms with Crippen LogP contribution in [0.2, 0.25) is 5.15 Å². The average Bonchev–Trinajstić information content (AvgIpc) is 2.36. The lowest BCUT2D eigenvalue weighted by Crippen LogP contribution is -2.35. The zero-order valence-corrected chi connectivity index (χ0v) is 12.3. The quantitative estimate of drug-likeness (QED) is 0.765. The van der Waals surface area contributed by atoms with Gasteiger partial charge in [-0.05, 0) is 31.9 Å². The first-order valence-electron chi connectivity index (χ1n) is 6.43. The van der Waals surface area contributed by atoms with Crippen LogP contribution in [-0.4, -0.2) is 28.9 Å². The monoisotopic (exact) mass is 268 g/mol. The van der Waals surface area contributed by atoms with E-state index in [1.165, 1.54) is 0 Å². The summed E-state index contributed by atoms with van der Waals surface area (Å²) in [6, 6.07) is 3.70. The lowest BCUT2D eigenvalue weighted by atomic mass is 10.1. The van der Waals surface area contributed by atoms with Crippen LogP contribution < -0.4 is 0 Å². The molecule has 0 aromatic carbocycles. The summed E-state index contributed by atoms with van der Waals surface area (Å²) in [6.07, 6.45) is 2.84. The molecule has 0 aliphatic rings. The fourth-order valence-electron chi connectivity index (χ4n) is 1.87.